The number of para-hydroxylation sites is 2. The first-order chi connectivity index (χ1) is 9.81. The van der Waals surface area contributed by atoms with Crippen LogP contribution in [-0.4, -0.2) is 30.5 Å². The summed E-state index contributed by atoms with van der Waals surface area (Å²) in [5.41, 5.74) is 0.609. The van der Waals surface area contributed by atoms with E-state index >= 15 is 0 Å². The van der Waals surface area contributed by atoms with Gasteiger partial charge in [-0.05, 0) is 39.8 Å². The molecule has 1 N–H and O–H groups in total. The number of nitrogens with one attached hydrogen (secondary N) is 1. The van der Waals surface area contributed by atoms with E-state index in [0.29, 0.717) is 11.4 Å². The van der Waals surface area contributed by atoms with Gasteiger partial charge in [-0.1, -0.05) is 12.1 Å². The van der Waals surface area contributed by atoms with Crippen molar-refractivity contribution in [2.45, 2.75) is 46.8 Å². The molecule has 0 aliphatic heterocycles. The van der Waals surface area contributed by atoms with Gasteiger partial charge in [0.05, 0.1) is 11.8 Å². The summed E-state index contributed by atoms with van der Waals surface area (Å²) in [7, 11) is 0. The van der Waals surface area contributed by atoms with Gasteiger partial charge in [-0.3, -0.25) is 14.5 Å². The normalized spacial score (nSPS) is 10.6. The van der Waals surface area contributed by atoms with Crippen molar-refractivity contribution < 1.29 is 14.3 Å². The Morgan fingerprint density at radius 1 is 1.19 bits per heavy atom. The van der Waals surface area contributed by atoms with Gasteiger partial charge in [-0.15, -0.1) is 0 Å². The molecule has 0 aliphatic carbocycles. The molecule has 0 spiro atoms. The fourth-order valence-electron chi connectivity index (χ4n) is 1.91. The zero-order chi connectivity index (χ0) is 16.0. The lowest BCUT2D eigenvalue weighted by atomic mass is 10.2. The first kappa shape index (κ1) is 17.0. The van der Waals surface area contributed by atoms with E-state index in [1.165, 1.54) is 11.8 Å². The van der Waals surface area contributed by atoms with Crippen molar-refractivity contribution in [1.82, 2.24) is 5.32 Å². The number of nitrogens with zero attached hydrogens (tertiary/aromatic N) is 1. The minimum atomic E-state index is -0.200. The van der Waals surface area contributed by atoms with Crippen LogP contribution in [0.15, 0.2) is 24.3 Å². The molecule has 0 fully saturated rings. The molecule has 1 aromatic carbocycles. The third kappa shape index (κ3) is 5.45. The second kappa shape index (κ2) is 7.67. The Labute approximate surface area is 126 Å². The third-order valence-corrected chi connectivity index (χ3v) is 2.65. The number of hydrogen-bond acceptors (Lipinski definition) is 3. The summed E-state index contributed by atoms with van der Waals surface area (Å²) >= 11 is 0. The maximum atomic E-state index is 11.9. The summed E-state index contributed by atoms with van der Waals surface area (Å²) < 4.78 is 5.71. The molecule has 0 aliphatic rings. The number of ether oxygens (including phenoxy) is 1. The van der Waals surface area contributed by atoms with Gasteiger partial charge in [-0.25, -0.2) is 0 Å². The van der Waals surface area contributed by atoms with Crippen molar-refractivity contribution in [3.8, 4) is 5.75 Å². The molecule has 5 heteroatoms. The molecule has 0 bridgehead atoms. The van der Waals surface area contributed by atoms with E-state index in [9.17, 15) is 9.59 Å². The van der Waals surface area contributed by atoms with Crippen molar-refractivity contribution in [1.29, 1.82) is 0 Å². The summed E-state index contributed by atoms with van der Waals surface area (Å²) in [6.45, 7) is 9.01. The smallest absolute Gasteiger partial charge is 0.240 e. The molecule has 0 atom stereocenters. The Bertz CT molecular complexity index is 498. The lowest BCUT2D eigenvalue weighted by Crippen LogP contribution is -2.42. The highest BCUT2D eigenvalue weighted by Crippen LogP contribution is 2.28. The number of rotatable bonds is 6. The molecule has 0 saturated heterocycles. The topological polar surface area (TPSA) is 58.6 Å². The number of carbonyl (C=O) groups is 2. The van der Waals surface area contributed by atoms with Gasteiger partial charge in [0, 0.05) is 13.0 Å². The maximum Gasteiger partial charge on any atom is 0.240 e. The van der Waals surface area contributed by atoms with Crippen LogP contribution in [0.3, 0.4) is 0 Å². The van der Waals surface area contributed by atoms with Crippen molar-refractivity contribution in [3.05, 3.63) is 24.3 Å². The largest absolute Gasteiger partial charge is 0.489 e. The van der Waals surface area contributed by atoms with Crippen molar-refractivity contribution in [2.24, 2.45) is 0 Å². The lowest BCUT2D eigenvalue weighted by Gasteiger charge is -2.24. The van der Waals surface area contributed by atoms with Gasteiger partial charge < -0.3 is 10.1 Å². The molecule has 2 amide bonds. The van der Waals surface area contributed by atoms with Gasteiger partial charge in [0.2, 0.25) is 11.8 Å². The first-order valence-electron chi connectivity index (χ1n) is 7.14. The highest BCUT2D eigenvalue weighted by Gasteiger charge is 2.20. The van der Waals surface area contributed by atoms with Crippen LogP contribution >= 0.6 is 0 Å². The van der Waals surface area contributed by atoms with Crippen LogP contribution in [-0.2, 0) is 9.59 Å². The molecule has 0 aromatic heterocycles. The molecule has 21 heavy (non-hydrogen) atoms. The van der Waals surface area contributed by atoms with Crippen LogP contribution in [0.1, 0.15) is 34.6 Å². The van der Waals surface area contributed by atoms with Gasteiger partial charge in [0.15, 0.2) is 0 Å². The molecule has 1 aromatic rings. The van der Waals surface area contributed by atoms with Crippen LogP contribution < -0.4 is 15.0 Å². The van der Waals surface area contributed by atoms with Crippen molar-refractivity contribution >= 4 is 17.5 Å². The average molecular weight is 292 g/mol. The van der Waals surface area contributed by atoms with E-state index < -0.39 is 0 Å². The monoisotopic (exact) mass is 292 g/mol. The first-order valence-corrected chi connectivity index (χ1v) is 7.14. The van der Waals surface area contributed by atoms with Crippen LogP contribution in [0, 0.1) is 0 Å². The van der Waals surface area contributed by atoms with E-state index in [4.69, 9.17) is 4.74 Å². The predicted octanol–water partition coefficient (Wildman–Crippen LogP) is 2.35. The van der Waals surface area contributed by atoms with Gasteiger partial charge in [-0.2, -0.15) is 0 Å². The van der Waals surface area contributed by atoms with E-state index in [-0.39, 0.29) is 30.5 Å². The minimum Gasteiger partial charge on any atom is -0.489 e. The van der Waals surface area contributed by atoms with E-state index in [1.807, 2.05) is 39.8 Å². The molecular weight excluding hydrogens is 268 g/mol. The number of hydrogen-bond donors (Lipinski definition) is 1. The van der Waals surface area contributed by atoms with Crippen LogP contribution in [0.25, 0.3) is 0 Å². The third-order valence-electron chi connectivity index (χ3n) is 2.65. The van der Waals surface area contributed by atoms with E-state index in [2.05, 4.69) is 5.32 Å². The second-order valence-electron chi connectivity index (χ2n) is 5.46. The van der Waals surface area contributed by atoms with Gasteiger partial charge >= 0.3 is 0 Å². The summed E-state index contributed by atoms with van der Waals surface area (Å²) in [5.74, 6) is 0.202. The Kier molecular flexibility index (Phi) is 6.21. The van der Waals surface area contributed by atoms with Crippen LogP contribution in [0.5, 0.6) is 5.75 Å². The zero-order valence-electron chi connectivity index (χ0n) is 13.3. The molecular formula is C16H24N2O3. The predicted molar refractivity (Wildman–Crippen MR) is 83.5 cm³/mol. The van der Waals surface area contributed by atoms with Crippen molar-refractivity contribution in [3.63, 3.8) is 0 Å². The molecule has 5 nitrogen and oxygen atoms in total. The average Bonchev–Trinajstić information content (AvgIpc) is 2.35. The minimum absolute atomic E-state index is 0.00977. The zero-order valence-corrected chi connectivity index (χ0v) is 13.3. The van der Waals surface area contributed by atoms with Crippen LogP contribution in [0.2, 0.25) is 0 Å². The molecule has 0 unspecified atom stereocenters. The Balaban J connectivity index is 3.01. The Hall–Kier alpha value is -2.04. The standard InChI is InChI=1S/C16H24N2O3/c1-11(2)17-16(20)10-18(13(5)19)14-8-6-7-9-15(14)21-12(3)4/h6-9,11-12H,10H2,1-5H3,(H,17,20). The number of amides is 2. The summed E-state index contributed by atoms with van der Waals surface area (Å²) in [5, 5.41) is 2.78. The fourth-order valence-corrected chi connectivity index (χ4v) is 1.91. The summed E-state index contributed by atoms with van der Waals surface area (Å²) in [6.07, 6.45) is -0.00977. The number of carbonyl (C=O) groups excluding carboxylic acids is 2. The molecule has 0 heterocycles. The van der Waals surface area contributed by atoms with Gasteiger partial charge in [0.1, 0.15) is 12.3 Å². The molecule has 0 radical (unpaired) electrons. The fraction of sp³-hybridized carbons (Fsp3) is 0.500. The SMILES string of the molecule is CC(=O)N(CC(=O)NC(C)C)c1ccccc1OC(C)C. The van der Waals surface area contributed by atoms with Gasteiger partial charge in [0.25, 0.3) is 0 Å². The van der Waals surface area contributed by atoms with Crippen LogP contribution in [0.4, 0.5) is 5.69 Å². The summed E-state index contributed by atoms with van der Waals surface area (Å²) in [6, 6.07) is 7.27. The lowest BCUT2D eigenvalue weighted by molar-refractivity contribution is -0.123. The highest BCUT2D eigenvalue weighted by molar-refractivity contribution is 5.98. The Morgan fingerprint density at radius 2 is 1.81 bits per heavy atom. The number of anilines is 1. The Morgan fingerprint density at radius 3 is 2.33 bits per heavy atom. The molecule has 1 rings (SSSR count). The van der Waals surface area contributed by atoms with E-state index in [0.717, 1.165) is 0 Å². The molecule has 0 saturated carbocycles. The molecule has 116 valence electrons. The quantitative estimate of drug-likeness (QED) is 0.875. The van der Waals surface area contributed by atoms with Crippen molar-refractivity contribution in [2.75, 3.05) is 11.4 Å². The summed E-state index contributed by atoms with van der Waals surface area (Å²) in [4.78, 5) is 25.2. The maximum absolute atomic E-state index is 11.9. The number of benzene rings is 1. The highest BCUT2D eigenvalue weighted by atomic mass is 16.5. The second-order valence-corrected chi connectivity index (χ2v) is 5.46. The van der Waals surface area contributed by atoms with E-state index in [1.54, 1.807) is 12.1 Å².